The first-order valence-electron chi connectivity index (χ1n) is 8.79. The number of hydrogen-bond donors (Lipinski definition) is 2. The summed E-state index contributed by atoms with van der Waals surface area (Å²) in [5.74, 6) is 0.153. The highest BCUT2D eigenvalue weighted by molar-refractivity contribution is 7.98. The molecule has 1 aliphatic rings. The molecule has 2 aromatic carbocycles. The van der Waals surface area contributed by atoms with Gasteiger partial charge >= 0.3 is 0 Å². The van der Waals surface area contributed by atoms with Crippen LogP contribution in [0.25, 0.3) is 0 Å². The number of nitrogens with one attached hydrogen (secondary N) is 1. The second-order valence-corrected chi connectivity index (χ2v) is 7.13. The van der Waals surface area contributed by atoms with Crippen LogP contribution in [0.3, 0.4) is 0 Å². The Bertz CT molecular complexity index is 799. The molecule has 1 heterocycles. The quantitative estimate of drug-likeness (QED) is 0.671. The van der Waals surface area contributed by atoms with Gasteiger partial charge < -0.3 is 20.7 Å². The summed E-state index contributed by atoms with van der Waals surface area (Å²) >= 11 is 1.65. The number of nitrogens with zero attached hydrogens (tertiary/aromatic N) is 1. The third kappa shape index (κ3) is 5.41. The molecule has 0 radical (unpaired) electrons. The fourth-order valence-corrected chi connectivity index (χ4v) is 3.36. The first-order valence-corrected chi connectivity index (χ1v) is 10.0. The first kappa shape index (κ1) is 22.1. The normalized spacial score (nSPS) is 15.9. The Balaban J connectivity index is 0.00000280. The maximum Gasteiger partial charge on any atom is 0.229 e. The minimum absolute atomic E-state index is 0. The molecule has 1 aliphatic heterocycles. The van der Waals surface area contributed by atoms with Gasteiger partial charge in [-0.3, -0.25) is 9.59 Å². The molecule has 1 unspecified atom stereocenters. The van der Waals surface area contributed by atoms with Crippen LogP contribution in [0.5, 0.6) is 5.75 Å². The monoisotopic (exact) mass is 421 g/mol. The van der Waals surface area contributed by atoms with E-state index < -0.39 is 0 Å². The van der Waals surface area contributed by atoms with Crippen LogP contribution in [0.1, 0.15) is 6.42 Å². The van der Waals surface area contributed by atoms with Crippen LogP contribution in [0.4, 0.5) is 11.4 Å². The van der Waals surface area contributed by atoms with Gasteiger partial charge in [0.25, 0.3) is 0 Å². The number of carbonyl (C=O) groups excluding carboxylic acids is 2. The Morgan fingerprint density at radius 3 is 2.50 bits per heavy atom. The molecule has 3 rings (SSSR count). The lowest BCUT2D eigenvalue weighted by atomic mass is 10.1. The number of halogens is 1. The van der Waals surface area contributed by atoms with Crippen LogP contribution in [-0.2, 0) is 9.59 Å². The molecule has 1 atom stereocenters. The zero-order chi connectivity index (χ0) is 19.2. The zero-order valence-corrected chi connectivity index (χ0v) is 17.2. The lowest BCUT2D eigenvalue weighted by Gasteiger charge is -2.17. The number of carbonyl (C=O) groups is 2. The van der Waals surface area contributed by atoms with Crippen molar-refractivity contribution in [3.8, 4) is 5.75 Å². The van der Waals surface area contributed by atoms with Crippen molar-refractivity contribution in [1.29, 1.82) is 0 Å². The molecule has 8 heteroatoms. The molecular weight excluding hydrogens is 398 g/mol. The predicted molar refractivity (Wildman–Crippen MR) is 116 cm³/mol. The van der Waals surface area contributed by atoms with E-state index in [1.54, 1.807) is 40.9 Å². The first-order chi connectivity index (χ1) is 13.1. The molecule has 0 aromatic heterocycles. The number of rotatable bonds is 7. The van der Waals surface area contributed by atoms with E-state index in [-0.39, 0.29) is 36.6 Å². The van der Waals surface area contributed by atoms with E-state index in [0.29, 0.717) is 31.1 Å². The third-order valence-electron chi connectivity index (χ3n) is 4.39. The van der Waals surface area contributed by atoms with Crippen molar-refractivity contribution < 1.29 is 14.3 Å². The van der Waals surface area contributed by atoms with E-state index in [4.69, 9.17) is 10.5 Å². The summed E-state index contributed by atoms with van der Waals surface area (Å²) in [4.78, 5) is 27.7. The number of amides is 2. The Morgan fingerprint density at radius 1 is 1.21 bits per heavy atom. The van der Waals surface area contributed by atoms with Gasteiger partial charge in [-0.2, -0.15) is 0 Å². The van der Waals surface area contributed by atoms with Gasteiger partial charge in [0.2, 0.25) is 11.8 Å². The highest BCUT2D eigenvalue weighted by Gasteiger charge is 2.35. The summed E-state index contributed by atoms with van der Waals surface area (Å²) in [6, 6.07) is 14.9. The van der Waals surface area contributed by atoms with Gasteiger partial charge in [0.05, 0.1) is 5.92 Å². The molecule has 1 saturated heterocycles. The summed E-state index contributed by atoms with van der Waals surface area (Å²) in [5, 5.41) is 2.88. The number of ether oxygens (including phenoxy) is 1. The van der Waals surface area contributed by atoms with Crippen molar-refractivity contribution in [2.24, 2.45) is 11.7 Å². The fourth-order valence-electron chi connectivity index (χ4n) is 2.95. The topological polar surface area (TPSA) is 84.7 Å². The lowest BCUT2D eigenvalue weighted by Crippen LogP contribution is -2.28. The molecule has 150 valence electrons. The van der Waals surface area contributed by atoms with Crippen LogP contribution in [0, 0.1) is 5.92 Å². The Hall–Kier alpha value is -2.22. The molecule has 28 heavy (non-hydrogen) atoms. The highest BCUT2D eigenvalue weighted by Crippen LogP contribution is 2.28. The summed E-state index contributed by atoms with van der Waals surface area (Å²) in [6.45, 7) is 1.29. The van der Waals surface area contributed by atoms with E-state index in [0.717, 1.165) is 10.6 Å². The molecule has 0 bridgehead atoms. The maximum absolute atomic E-state index is 12.6. The van der Waals surface area contributed by atoms with Gasteiger partial charge in [-0.1, -0.05) is 0 Å². The molecule has 2 amide bonds. The highest BCUT2D eigenvalue weighted by atomic mass is 35.5. The van der Waals surface area contributed by atoms with E-state index >= 15 is 0 Å². The minimum Gasteiger partial charge on any atom is -0.492 e. The average Bonchev–Trinajstić information content (AvgIpc) is 3.09. The van der Waals surface area contributed by atoms with Crippen LogP contribution in [-0.4, -0.2) is 37.8 Å². The third-order valence-corrected chi connectivity index (χ3v) is 5.13. The number of nitrogens with two attached hydrogens (primary N) is 1. The SMILES string of the molecule is CSc1ccc(N2CC(C(=O)Nc3ccc(OCCN)cc3)CC2=O)cc1.Cl. The van der Waals surface area contributed by atoms with Gasteiger partial charge in [-0.05, 0) is 54.8 Å². The molecular formula is C20H24ClN3O3S. The standard InChI is InChI=1S/C20H23N3O3S.ClH/c1-27-18-8-4-16(5-9-18)23-13-14(12-19(23)24)20(25)22-15-2-6-17(7-3-15)26-11-10-21;/h2-9,14H,10-13,21H2,1H3,(H,22,25);1H. The second-order valence-electron chi connectivity index (χ2n) is 6.25. The van der Waals surface area contributed by atoms with Crippen molar-refractivity contribution in [3.63, 3.8) is 0 Å². The molecule has 2 aromatic rings. The summed E-state index contributed by atoms with van der Waals surface area (Å²) in [6.07, 6.45) is 2.22. The van der Waals surface area contributed by atoms with Crippen molar-refractivity contribution >= 4 is 47.4 Å². The van der Waals surface area contributed by atoms with E-state index in [1.807, 2.05) is 30.5 Å². The molecule has 1 fully saturated rings. The lowest BCUT2D eigenvalue weighted by molar-refractivity contribution is -0.122. The van der Waals surface area contributed by atoms with Crippen LogP contribution < -0.4 is 20.7 Å². The zero-order valence-electron chi connectivity index (χ0n) is 15.6. The molecule has 0 saturated carbocycles. The average molecular weight is 422 g/mol. The number of thioether (sulfide) groups is 1. The van der Waals surface area contributed by atoms with E-state index in [1.165, 1.54) is 0 Å². The Labute approximate surface area is 175 Å². The summed E-state index contributed by atoms with van der Waals surface area (Å²) in [5.41, 5.74) is 6.91. The van der Waals surface area contributed by atoms with Crippen molar-refractivity contribution in [2.75, 3.05) is 36.2 Å². The van der Waals surface area contributed by atoms with E-state index in [9.17, 15) is 9.59 Å². The Kier molecular flexibility index (Phi) is 8.17. The smallest absolute Gasteiger partial charge is 0.229 e. The number of hydrogen-bond acceptors (Lipinski definition) is 5. The van der Waals surface area contributed by atoms with Gasteiger partial charge in [-0.15, -0.1) is 24.2 Å². The van der Waals surface area contributed by atoms with Crippen LogP contribution in [0.2, 0.25) is 0 Å². The van der Waals surface area contributed by atoms with Gasteiger partial charge in [-0.25, -0.2) is 0 Å². The molecule has 3 N–H and O–H groups in total. The summed E-state index contributed by atoms with van der Waals surface area (Å²) in [7, 11) is 0. The van der Waals surface area contributed by atoms with Gasteiger partial charge in [0.15, 0.2) is 0 Å². The van der Waals surface area contributed by atoms with Gasteiger partial charge in [0, 0.05) is 35.8 Å². The van der Waals surface area contributed by atoms with Crippen LogP contribution in [0.15, 0.2) is 53.4 Å². The second kappa shape index (κ2) is 10.4. The largest absolute Gasteiger partial charge is 0.492 e. The minimum atomic E-state index is -0.370. The van der Waals surface area contributed by atoms with Gasteiger partial charge in [0.1, 0.15) is 12.4 Å². The molecule has 0 spiro atoms. The summed E-state index contributed by atoms with van der Waals surface area (Å²) < 4.78 is 5.42. The Morgan fingerprint density at radius 2 is 1.89 bits per heavy atom. The fraction of sp³-hybridized carbons (Fsp3) is 0.300. The van der Waals surface area contributed by atoms with Crippen molar-refractivity contribution in [2.45, 2.75) is 11.3 Å². The predicted octanol–water partition coefficient (Wildman–Crippen LogP) is 3.16. The van der Waals surface area contributed by atoms with Crippen LogP contribution >= 0.6 is 24.2 Å². The van der Waals surface area contributed by atoms with Crippen molar-refractivity contribution in [3.05, 3.63) is 48.5 Å². The number of benzene rings is 2. The molecule has 0 aliphatic carbocycles. The van der Waals surface area contributed by atoms with E-state index in [2.05, 4.69) is 5.32 Å². The maximum atomic E-state index is 12.6. The van der Waals surface area contributed by atoms with Crippen molar-refractivity contribution in [1.82, 2.24) is 0 Å². The molecule has 6 nitrogen and oxygen atoms in total. The number of anilines is 2.